The van der Waals surface area contributed by atoms with Crippen molar-refractivity contribution in [2.75, 3.05) is 0 Å². The second-order valence-electron chi connectivity index (χ2n) is 2.78. The van der Waals surface area contributed by atoms with Crippen LogP contribution in [-0.2, 0) is 0 Å². The van der Waals surface area contributed by atoms with Crippen LogP contribution < -0.4 is 0 Å². The van der Waals surface area contributed by atoms with E-state index in [1.54, 1.807) is 0 Å². The number of carbonyl (C=O) groups is 1. The van der Waals surface area contributed by atoms with Crippen LogP contribution in [0.1, 0.15) is 10.5 Å². The van der Waals surface area contributed by atoms with Crippen LogP contribution in [0.5, 0.6) is 0 Å². The molecule has 0 bridgehead atoms. The van der Waals surface area contributed by atoms with E-state index < -0.39 is 0 Å². The Morgan fingerprint density at radius 2 is 2.00 bits per heavy atom. The predicted octanol–water partition coefficient (Wildman–Crippen LogP) is 2.54. The molecule has 0 amide bonds. The number of nitrogens with one attached hydrogen (secondary N) is 1. The summed E-state index contributed by atoms with van der Waals surface area (Å²) in [4.78, 5) is 10.5. The minimum atomic E-state index is 0.311. The SMILES string of the molecule is O=Cc1[nH]nc(-c2ccccc2)c1Cl. The molecule has 0 unspecified atom stereocenters. The third-order valence-corrected chi connectivity index (χ3v) is 2.28. The molecule has 70 valence electrons. The molecule has 0 aliphatic heterocycles. The molecule has 0 radical (unpaired) electrons. The standard InChI is InChI=1S/C10H7ClN2O/c11-9-8(6-14)12-13-10(9)7-4-2-1-3-5-7/h1-6H,(H,12,13). The molecule has 1 aromatic heterocycles. The van der Waals surface area contributed by atoms with Crippen molar-refractivity contribution in [2.24, 2.45) is 0 Å². The van der Waals surface area contributed by atoms with Gasteiger partial charge in [-0.2, -0.15) is 5.10 Å². The second kappa shape index (κ2) is 3.64. The summed E-state index contributed by atoms with van der Waals surface area (Å²) in [5.41, 5.74) is 1.81. The lowest BCUT2D eigenvalue weighted by atomic mass is 10.1. The van der Waals surface area contributed by atoms with Gasteiger partial charge in [-0.15, -0.1) is 0 Å². The minimum absolute atomic E-state index is 0.311. The molecule has 1 heterocycles. The van der Waals surface area contributed by atoms with Crippen LogP contribution in [0.25, 0.3) is 11.3 Å². The lowest BCUT2D eigenvalue weighted by molar-refractivity contribution is 0.111. The van der Waals surface area contributed by atoms with Crippen LogP contribution in [0, 0.1) is 0 Å². The molecule has 1 aromatic carbocycles. The third kappa shape index (κ3) is 1.42. The van der Waals surface area contributed by atoms with Crippen LogP contribution in [0.2, 0.25) is 5.02 Å². The number of benzene rings is 1. The van der Waals surface area contributed by atoms with Crippen molar-refractivity contribution in [1.29, 1.82) is 0 Å². The number of aldehydes is 1. The number of carbonyl (C=O) groups excluding carboxylic acids is 1. The van der Waals surface area contributed by atoms with Crippen molar-refractivity contribution in [3.8, 4) is 11.3 Å². The lowest BCUT2D eigenvalue weighted by Gasteiger charge is -1.95. The number of aromatic nitrogens is 2. The Labute approximate surface area is 85.7 Å². The van der Waals surface area contributed by atoms with Gasteiger partial charge in [-0.05, 0) is 0 Å². The van der Waals surface area contributed by atoms with Crippen LogP contribution in [-0.4, -0.2) is 16.5 Å². The van der Waals surface area contributed by atoms with Gasteiger partial charge >= 0.3 is 0 Å². The maximum absolute atomic E-state index is 10.5. The maximum Gasteiger partial charge on any atom is 0.169 e. The van der Waals surface area contributed by atoms with Gasteiger partial charge in [0, 0.05) is 5.56 Å². The zero-order valence-corrected chi connectivity index (χ0v) is 7.95. The number of rotatable bonds is 2. The smallest absolute Gasteiger partial charge is 0.169 e. The fourth-order valence-corrected chi connectivity index (χ4v) is 1.45. The minimum Gasteiger partial charge on any atom is -0.296 e. The number of hydrogen-bond acceptors (Lipinski definition) is 2. The molecule has 3 nitrogen and oxygen atoms in total. The average Bonchev–Trinajstić information content (AvgIpc) is 2.61. The Morgan fingerprint density at radius 3 is 2.57 bits per heavy atom. The molecule has 0 spiro atoms. The van der Waals surface area contributed by atoms with E-state index in [9.17, 15) is 4.79 Å². The largest absolute Gasteiger partial charge is 0.296 e. The Bertz CT molecular complexity index is 450. The average molecular weight is 207 g/mol. The van der Waals surface area contributed by atoms with Crippen LogP contribution in [0.15, 0.2) is 30.3 Å². The first-order valence-electron chi connectivity index (χ1n) is 4.07. The van der Waals surface area contributed by atoms with Gasteiger partial charge in [0.2, 0.25) is 0 Å². The molecular weight excluding hydrogens is 200 g/mol. The topological polar surface area (TPSA) is 45.8 Å². The highest BCUT2D eigenvalue weighted by Crippen LogP contribution is 2.26. The van der Waals surface area contributed by atoms with Crippen molar-refractivity contribution in [2.45, 2.75) is 0 Å². The van der Waals surface area contributed by atoms with Crippen molar-refractivity contribution in [3.05, 3.63) is 41.0 Å². The summed E-state index contributed by atoms with van der Waals surface area (Å²) >= 11 is 5.93. The van der Waals surface area contributed by atoms with Gasteiger partial charge in [0.05, 0.1) is 5.02 Å². The Kier molecular flexibility index (Phi) is 2.33. The van der Waals surface area contributed by atoms with E-state index in [0.29, 0.717) is 22.7 Å². The number of nitrogens with zero attached hydrogens (tertiary/aromatic N) is 1. The molecule has 1 N–H and O–H groups in total. The quantitative estimate of drug-likeness (QED) is 0.768. The normalized spacial score (nSPS) is 10.1. The van der Waals surface area contributed by atoms with E-state index in [1.165, 1.54) is 0 Å². The summed E-state index contributed by atoms with van der Waals surface area (Å²) in [5.74, 6) is 0. The summed E-state index contributed by atoms with van der Waals surface area (Å²) in [6, 6.07) is 9.46. The zero-order valence-electron chi connectivity index (χ0n) is 7.20. The summed E-state index contributed by atoms with van der Waals surface area (Å²) < 4.78 is 0. The van der Waals surface area contributed by atoms with E-state index in [2.05, 4.69) is 10.2 Å². The molecular formula is C10H7ClN2O. The fraction of sp³-hybridized carbons (Fsp3) is 0. The first-order chi connectivity index (χ1) is 6.83. The molecule has 0 atom stereocenters. The fourth-order valence-electron chi connectivity index (χ4n) is 1.21. The molecule has 0 aliphatic rings. The number of halogens is 1. The van der Waals surface area contributed by atoms with Crippen LogP contribution in [0.3, 0.4) is 0 Å². The number of hydrogen-bond donors (Lipinski definition) is 1. The van der Waals surface area contributed by atoms with E-state index in [-0.39, 0.29) is 0 Å². The number of aromatic amines is 1. The van der Waals surface area contributed by atoms with Crippen LogP contribution >= 0.6 is 11.6 Å². The Hall–Kier alpha value is -1.61. The highest BCUT2D eigenvalue weighted by molar-refractivity contribution is 6.35. The van der Waals surface area contributed by atoms with E-state index in [0.717, 1.165) is 5.56 Å². The van der Waals surface area contributed by atoms with Crippen molar-refractivity contribution in [3.63, 3.8) is 0 Å². The van der Waals surface area contributed by atoms with Gasteiger partial charge < -0.3 is 0 Å². The Morgan fingerprint density at radius 1 is 1.29 bits per heavy atom. The van der Waals surface area contributed by atoms with Crippen molar-refractivity contribution in [1.82, 2.24) is 10.2 Å². The first-order valence-corrected chi connectivity index (χ1v) is 4.45. The maximum atomic E-state index is 10.5. The van der Waals surface area contributed by atoms with Gasteiger partial charge in [-0.3, -0.25) is 9.89 Å². The monoisotopic (exact) mass is 206 g/mol. The molecule has 4 heteroatoms. The van der Waals surface area contributed by atoms with E-state index in [4.69, 9.17) is 11.6 Å². The lowest BCUT2D eigenvalue weighted by Crippen LogP contribution is -1.78. The summed E-state index contributed by atoms with van der Waals surface area (Å²) in [6.45, 7) is 0. The predicted molar refractivity (Wildman–Crippen MR) is 54.4 cm³/mol. The van der Waals surface area contributed by atoms with Gasteiger partial charge in [0.15, 0.2) is 6.29 Å². The second-order valence-corrected chi connectivity index (χ2v) is 3.16. The van der Waals surface area contributed by atoms with Gasteiger partial charge in [-0.25, -0.2) is 0 Å². The highest BCUT2D eigenvalue weighted by atomic mass is 35.5. The highest BCUT2D eigenvalue weighted by Gasteiger charge is 2.11. The molecule has 0 saturated heterocycles. The molecule has 2 aromatic rings. The molecule has 2 rings (SSSR count). The summed E-state index contributed by atoms with van der Waals surface area (Å²) in [6.07, 6.45) is 0.655. The van der Waals surface area contributed by atoms with Gasteiger partial charge in [0.25, 0.3) is 0 Å². The van der Waals surface area contributed by atoms with Gasteiger partial charge in [0.1, 0.15) is 11.4 Å². The number of H-pyrrole nitrogens is 1. The third-order valence-electron chi connectivity index (χ3n) is 1.90. The molecule has 0 saturated carbocycles. The zero-order chi connectivity index (χ0) is 9.97. The molecule has 0 fully saturated rings. The first kappa shape index (κ1) is 8.97. The Balaban J connectivity index is 2.53. The van der Waals surface area contributed by atoms with Gasteiger partial charge in [-0.1, -0.05) is 41.9 Å². The molecule has 14 heavy (non-hydrogen) atoms. The van der Waals surface area contributed by atoms with E-state index in [1.807, 2.05) is 30.3 Å². The van der Waals surface area contributed by atoms with Crippen LogP contribution in [0.4, 0.5) is 0 Å². The van der Waals surface area contributed by atoms with Crippen molar-refractivity contribution < 1.29 is 4.79 Å². The summed E-state index contributed by atoms with van der Waals surface area (Å²) in [7, 11) is 0. The van der Waals surface area contributed by atoms with E-state index >= 15 is 0 Å². The van der Waals surface area contributed by atoms with Crippen molar-refractivity contribution >= 4 is 17.9 Å². The summed E-state index contributed by atoms with van der Waals surface area (Å²) in [5, 5.41) is 6.91. The molecule has 0 aliphatic carbocycles.